The Bertz CT molecular complexity index is 226. The van der Waals surface area contributed by atoms with Crippen LogP contribution in [-0.2, 0) is 13.9 Å². The largest absolute Gasteiger partial charge is 0.481 e. The van der Waals surface area contributed by atoms with Gasteiger partial charge in [0.1, 0.15) is 6.73 Å². The lowest BCUT2D eigenvalue weighted by Crippen LogP contribution is -2.28. The van der Waals surface area contributed by atoms with E-state index in [1.54, 1.807) is 6.92 Å². The first-order valence-electron chi connectivity index (χ1n) is 3.99. The van der Waals surface area contributed by atoms with Crippen molar-refractivity contribution in [3.63, 3.8) is 0 Å². The molecule has 0 aromatic carbocycles. The van der Waals surface area contributed by atoms with Crippen molar-refractivity contribution in [2.75, 3.05) is 19.8 Å². The predicted octanol–water partition coefficient (Wildman–Crippen LogP) is -0.150. The van der Waals surface area contributed by atoms with Crippen LogP contribution in [0.1, 0.15) is 13.3 Å². The van der Waals surface area contributed by atoms with E-state index in [4.69, 9.17) is 14.9 Å². The van der Waals surface area contributed by atoms with Crippen molar-refractivity contribution in [1.82, 2.24) is 4.90 Å². The van der Waals surface area contributed by atoms with E-state index in [0.29, 0.717) is 6.54 Å². The summed E-state index contributed by atoms with van der Waals surface area (Å²) in [5.74, 6) is -0.959. The quantitative estimate of drug-likeness (QED) is 0.410. The van der Waals surface area contributed by atoms with Gasteiger partial charge < -0.3 is 14.9 Å². The van der Waals surface area contributed by atoms with E-state index in [0.717, 1.165) is 0 Å². The maximum atomic E-state index is 10.3. The van der Waals surface area contributed by atoms with Gasteiger partial charge in [0, 0.05) is 6.54 Å². The molecule has 0 aliphatic carbocycles. The zero-order valence-corrected chi connectivity index (χ0v) is 8.68. The van der Waals surface area contributed by atoms with Gasteiger partial charge in [-0.25, -0.2) is 4.57 Å². The lowest BCUT2D eigenvalue weighted by molar-refractivity contribution is -0.137. The van der Waals surface area contributed by atoms with Gasteiger partial charge in [0.05, 0.1) is 6.42 Å². The first-order chi connectivity index (χ1) is 6.35. The van der Waals surface area contributed by atoms with Gasteiger partial charge in [-0.15, -0.1) is 0 Å². The molecule has 3 N–H and O–H groups in total. The minimum atomic E-state index is -4.47. The van der Waals surface area contributed by atoms with E-state index in [2.05, 4.69) is 4.52 Å². The number of phosphoric ester groups is 1. The minimum absolute atomic E-state index is 0.0850. The van der Waals surface area contributed by atoms with Crippen LogP contribution < -0.4 is 0 Å². The third-order valence-electron chi connectivity index (χ3n) is 1.50. The summed E-state index contributed by atoms with van der Waals surface area (Å²) in [6.07, 6.45) is -0.0850. The fourth-order valence-corrected chi connectivity index (χ4v) is 1.04. The Kier molecular flexibility index (Phi) is 5.90. The molecule has 0 saturated heterocycles. The molecule has 0 fully saturated rings. The fourth-order valence-electron chi connectivity index (χ4n) is 0.725. The van der Waals surface area contributed by atoms with Crippen LogP contribution in [0.2, 0.25) is 0 Å². The normalized spacial score (nSPS) is 12.0. The van der Waals surface area contributed by atoms with Gasteiger partial charge >= 0.3 is 13.8 Å². The van der Waals surface area contributed by atoms with Crippen molar-refractivity contribution in [2.45, 2.75) is 13.3 Å². The second-order valence-electron chi connectivity index (χ2n) is 2.60. The molecule has 0 amide bonds. The van der Waals surface area contributed by atoms with Crippen molar-refractivity contribution in [1.29, 1.82) is 0 Å². The Morgan fingerprint density at radius 1 is 1.50 bits per heavy atom. The Labute approximate surface area is 81.5 Å². The van der Waals surface area contributed by atoms with E-state index in [9.17, 15) is 9.36 Å². The van der Waals surface area contributed by atoms with E-state index in [1.165, 1.54) is 4.90 Å². The maximum Gasteiger partial charge on any atom is 0.470 e. The molecule has 0 aromatic heterocycles. The molecule has 7 nitrogen and oxygen atoms in total. The highest BCUT2D eigenvalue weighted by molar-refractivity contribution is 7.46. The maximum absolute atomic E-state index is 10.3. The Balaban J connectivity index is 3.80. The molecule has 84 valence electrons. The molecule has 0 bridgehead atoms. The molecule has 0 spiro atoms. The molecule has 14 heavy (non-hydrogen) atoms. The van der Waals surface area contributed by atoms with Gasteiger partial charge in [0.2, 0.25) is 0 Å². The zero-order chi connectivity index (χ0) is 11.2. The van der Waals surface area contributed by atoms with Crippen LogP contribution in [0.4, 0.5) is 0 Å². The van der Waals surface area contributed by atoms with Gasteiger partial charge in [-0.05, 0) is 6.54 Å². The van der Waals surface area contributed by atoms with Crippen LogP contribution in [-0.4, -0.2) is 45.6 Å². The summed E-state index contributed by atoms with van der Waals surface area (Å²) in [5.41, 5.74) is 0. The molecule has 0 saturated carbocycles. The third kappa shape index (κ3) is 8.15. The van der Waals surface area contributed by atoms with Crippen molar-refractivity contribution in [2.24, 2.45) is 0 Å². The van der Waals surface area contributed by atoms with Gasteiger partial charge in [-0.2, -0.15) is 0 Å². The molecule has 0 aromatic rings. The number of carbonyl (C=O) groups is 1. The highest BCUT2D eigenvalue weighted by atomic mass is 31.2. The van der Waals surface area contributed by atoms with E-state index in [-0.39, 0.29) is 19.7 Å². The summed E-state index contributed by atoms with van der Waals surface area (Å²) < 4.78 is 14.5. The van der Waals surface area contributed by atoms with Gasteiger partial charge in [0.15, 0.2) is 0 Å². The summed E-state index contributed by atoms with van der Waals surface area (Å²) in [6.45, 7) is 2.14. The Morgan fingerprint density at radius 2 is 2.07 bits per heavy atom. The van der Waals surface area contributed by atoms with Gasteiger partial charge in [-0.1, -0.05) is 6.92 Å². The summed E-state index contributed by atoms with van der Waals surface area (Å²) in [4.78, 5) is 28.4. The van der Waals surface area contributed by atoms with Crippen molar-refractivity contribution < 1.29 is 28.8 Å². The van der Waals surface area contributed by atoms with Gasteiger partial charge in [0.25, 0.3) is 0 Å². The number of carboxylic acid groups (broad SMARTS) is 1. The lowest BCUT2D eigenvalue weighted by Gasteiger charge is -2.19. The van der Waals surface area contributed by atoms with Crippen molar-refractivity contribution in [3.05, 3.63) is 0 Å². The zero-order valence-electron chi connectivity index (χ0n) is 7.79. The predicted molar refractivity (Wildman–Crippen MR) is 47.5 cm³/mol. The highest BCUT2D eigenvalue weighted by Crippen LogP contribution is 2.35. The number of hydrogen-bond acceptors (Lipinski definition) is 4. The van der Waals surface area contributed by atoms with E-state index >= 15 is 0 Å². The van der Waals surface area contributed by atoms with Crippen LogP contribution in [0.15, 0.2) is 0 Å². The standard InChI is InChI=1S/C6H14NO6P/c1-2-7(4-3-6(8)9)5-13-14(10,11)12/h2-5H2,1H3,(H,8,9)(H2,10,11,12). The first-order valence-corrected chi connectivity index (χ1v) is 5.52. The van der Waals surface area contributed by atoms with E-state index in [1.807, 2.05) is 0 Å². The monoisotopic (exact) mass is 227 g/mol. The number of carboxylic acids is 1. The molecule has 0 rings (SSSR count). The molecule has 0 heterocycles. The molecular weight excluding hydrogens is 213 g/mol. The highest BCUT2D eigenvalue weighted by Gasteiger charge is 2.16. The van der Waals surface area contributed by atoms with Crippen LogP contribution in [0, 0.1) is 0 Å². The topological polar surface area (TPSA) is 107 Å². The SMILES string of the molecule is CCN(CCC(=O)O)COP(=O)(O)O. The lowest BCUT2D eigenvalue weighted by atomic mass is 10.4. The molecule has 8 heteroatoms. The average Bonchev–Trinajstić information content (AvgIpc) is 2.02. The molecule has 0 aliphatic heterocycles. The van der Waals surface area contributed by atoms with Gasteiger partial charge in [-0.3, -0.25) is 14.2 Å². The Hall–Kier alpha value is -0.460. The fraction of sp³-hybridized carbons (Fsp3) is 0.833. The van der Waals surface area contributed by atoms with Crippen molar-refractivity contribution in [3.8, 4) is 0 Å². The van der Waals surface area contributed by atoms with Crippen LogP contribution in [0.25, 0.3) is 0 Å². The Morgan fingerprint density at radius 3 is 2.43 bits per heavy atom. The number of phosphoric acid groups is 1. The summed E-state index contributed by atoms with van der Waals surface area (Å²) in [6, 6.07) is 0. The summed E-state index contributed by atoms with van der Waals surface area (Å²) in [7, 11) is -4.47. The number of rotatable bonds is 7. The molecule has 0 unspecified atom stereocenters. The third-order valence-corrected chi connectivity index (χ3v) is 1.95. The van der Waals surface area contributed by atoms with Crippen LogP contribution in [0.5, 0.6) is 0 Å². The number of nitrogens with zero attached hydrogens (tertiary/aromatic N) is 1. The number of hydrogen-bond donors (Lipinski definition) is 3. The average molecular weight is 227 g/mol. The van der Waals surface area contributed by atoms with E-state index < -0.39 is 13.8 Å². The summed E-state index contributed by atoms with van der Waals surface area (Å²) >= 11 is 0. The van der Waals surface area contributed by atoms with Crippen LogP contribution >= 0.6 is 7.82 Å². The van der Waals surface area contributed by atoms with Crippen LogP contribution in [0.3, 0.4) is 0 Å². The second-order valence-corrected chi connectivity index (χ2v) is 3.84. The second kappa shape index (κ2) is 6.10. The number of aliphatic carboxylic acids is 1. The molecule has 0 atom stereocenters. The molecule has 0 aliphatic rings. The minimum Gasteiger partial charge on any atom is -0.481 e. The summed E-state index contributed by atoms with van der Waals surface area (Å²) in [5, 5.41) is 8.36. The molecule has 0 radical (unpaired) electrons. The molecular formula is C6H14NO6P. The smallest absolute Gasteiger partial charge is 0.470 e. The van der Waals surface area contributed by atoms with Crippen molar-refractivity contribution >= 4 is 13.8 Å². The first kappa shape index (κ1) is 13.5.